The number of ether oxygens (including phenoxy) is 2. The van der Waals surface area contributed by atoms with Gasteiger partial charge < -0.3 is 14.6 Å². The molecule has 0 spiro atoms. The normalized spacial score (nSPS) is 18.7. The van der Waals surface area contributed by atoms with Crippen LogP contribution in [-0.4, -0.2) is 24.6 Å². The Bertz CT molecular complexity index is 452. The minimum Gasteiger partial charge on any atom is -0.389 e. The fourth-order valence-electron chi connectivity index (χ4n) is 1.70. The molecule has 0 bridgehead atoms. The SMILES string of the molecule is CC(O)c1ccc(C=CC2OCCO2)c(F)c1F. The number of rotatable bonds is 3. The second kappa shape index (κ2) is 5.56. The van der Waals surface area contributed by atoms with Crippen LogP contribution in [0.2, 0.25) is 0 Å². The standard InChI is InChI=1S/C13H14F2O3/c1-8(16)10-4-2-9(12(14)13(10)15)3-5-11-17-6-7-18-11/h2-5,8,11,16H,6-7H2,1H3. The van der Waals surface area contributed by atoms with Gasteiger partial charge in [0.1, 0.15) is 0 Å². The van der Waals surface area contributed by atoms with E-state index in [0.717, 1.165) is 0 Å². The van der Waals surface area contributed by atoms with Gasteiger partial charge in [-0.1, -0.05) is 18.2 Å². The maximum absolute atomic E-state index is 13.7. The molecule has 5 heteroatoms. The van der Waals surface area contributed by atoms with Gasteiger partial charge in [0.15, 0.2) is 17.9 Å². The lowest BCUT2D eigenvalue weighted by Gasteiger charge is -2.08. The number of benzene rings is 1. The van der Waals surface area contributed by atoms with Gasteiger partial charge in [0.25, 0.3) is 0 Å². The number of halogens is 2. The molecule has 1 aromatic rings. The van der Waals surface area contributed by atoms with Crippen LogP contribution < -0.4 is 0 Å². The first-order valence-electron chi connectivity index (χ1n) is 5.67. The highest BCUT2D eigenvalue weighted by Crippen LogP contribution is 2.23. The van der Waals surface area contributed by atoms with Gasteiger partial charge in [0, 0.05) is 11.1 Å². The monoisotopic (exact) mass is 256 g/mol. The number of aliphatic hydroxyl groups is 1. The summed E-state index contributed by atoms with van der Waals surface area (Å²) in [7, 11) is 0. The number of hydrogen-bond acceptors (Lipinski definition) is 3. The predicted molar refractivity (Wildman–Crippen MR) is 61.7 cm³/mol. The molecule has 1 fully saturated rings. The molecule has 1 aromatic carbocycles. The number of aliphatic hydroxyl groups excluding tert-OH is 1. The first-order chi connectivity index (χ1) is 8.59. The first-order valence-corrected chi connectivity index (χ1v) is 5.67. The van der Waals surface area contributed by atoms with Crippen molar-refractivity contribution in [2.75, 3.05) is 13.2 Å². The van der Waals surface area contributed by atoms with Crippen LogP contribution in [0.1, 0.15) is 24.2 Å². The Morgan fingerprint density at radius 3 is 2.56 bits per heavy atom. The van der Waals surface area contributed by atoms with Gasteiger partial charge in [-0.05, 0) is 13.0 Å². The second-order valence-electron chi connectivity index (χ2n) is 4.02. The van der Waals surface area contributed by atoms with Crippen LogP contribution >= 0.6 is 0 Å². The maximum Gasteiger partial charge on any atom is 0.177 e. The summed E-state index contributed by atoms with van der Waals surface area (Å²) in [6.45, 7) is 2.37. The summed E-state index contributed by atoms with van der Waals surface area (Å²) >= 11 is 0. The van der Waals surface area contributed by atoms with Gasteiger partial charge in [0.2, 0.25) is 0 Å². The lowest BCUT2D eigenvalue weighted by Crippen LogP contribution is -2.03. The van der Waals surface area contributed by atoms with Crippen LogP contribution in [0, 0.1) is 11.6 Å². The van der Waals surface area contributed by atoms with Crippen LogP contribution in [0.5, 0.6) is 0 Å². The fourth-order valence-corrected chi connectivity index (χ4v) is 1.70. The van der Waals surface area contributed by atoms with E-state index in [2.05, 4.69) is 0 Å². The molecule has 1 saturated heterocycles. The van der Waals surface area contributed by atoms with E-state index in [-0.39, 0.29) is 11.1 Å². The zero-order valence-corrected chi connectivity index (χ0v) is 9.90. The third-order valence-corrected chi connectivity index (χ3v) is 2.67. The maximum atomic E-state index is 13.7. The lowest BCUT2D eigenvalue weighted by atomic mass is 10.1. The summed E-state index contributed by atoms with van der Waals surface area (Å²) in [5.74, 6) is -2.01. The minimum atomic E-state index is -1.04. The Labute approximate surface area is 104 Å². The van der Waals surface area contributed by atoms with Crippen molar-refractivity contribution in [3.8, 4) is 0 Å². The molecular formula is C13H14F2O3. The van der Waals surface area contributed by atoms with E-state index in [0.29, 0.717) is 13.2 Å². The molecule has 1 N–H and O–H groups in total. The second-order valence-corrected chi connectivity index (χ2v) is 4.02. The Kier molecular flexibility index (Phi) is 4.06. The highest BCUT2D eigenvalue weighted by molar-refractivity contribution is 5.51. The third kappa shape index (κ3) is 2.75. The van der Waals surface area contributed by atoms with E-state index < -0.39 is 24.0 Å². The average Bonchev–Trinajstić information content (AvgIpc) is 2.83. The van der Waals surface area contributed by atoms with Crippen molar-refractivity contribution in [3.63, 3.8) is 0 Å². The molecule has 0 amide bonds. The van der Waals surface area contributed by atoms with Crippen molar-refractivity contribution in [2.45, 2.75) is 19.3 Å². The largest absolute Gasteiger partial charge is 0.389 e. The predicted octanol–water partition coefficient (Wildman–Crippen LogP) is 2.40. The smallest absolute Gasteiger partial charge is 0.177 e. The Morgan fingerprint density at radius 1 is 1.28 bits per heavy atom. The van der Waals surface area contributed by atoms with Gasteiger partial charge in [-0.2, -0.15) is 0 Å². The van der Waals surface area contributed by atoms with Gasteiger partial charge in [0.05, 0.1) is 19.3 Å². The molecule has 3 nitrogen and oxygen atoms in total. The summed E-state index contributed by atoms with van der Waals surface area (Å²) in [4.78, 5) is 0. The van der Waals surface area contributed by atoms with Gasteiger partial charge >= 0.3 is 0 Å². The Morgan fingerprint density at radius 2 is 1.94 bits per heavy atom. The van der Waals surface area contributed by atoms with Gasteiger partial charge in [-0.3, -0.25) is 0 Å². The van der Waals surface area contributed by atoms with E-state index >= 15 is 0 Å². The molecule has 0 saturated carbocycles. The molecule has 1 aliphatic heterocycles. The fraction of sp³-hybridized carbons (Fsp3) is 0.385. The molecule has 18 heavy (non-hydrogen) atoms. The summed E-state index contributed by atoms with van der Waals surface area (Å²) in [6.07, 6.45) is 1.37. The highest BCUT2D eigenvalue weighted by atomic mass is 19.2. The highest BCUT2D eigenvalue weighted by Gasteiger charge is 2.16. The first kappa shape index (κ1) is 13.1. The van der Waals surface area contributed by atoms with Gasteiger partial charge in [-0.15, -0.1) is 0 Å². The molecule has 1 atom stereocenters. The molecule has 98 valence electrons. The quantitative estimate of drug-likeness (QED) is 0.902. The van der Waals surface area contributed by atoms with Crippen LogP contribution in [0.4, 0.5) is 8.78 Å². The number of hydrogen-bond donors (Lipinski definition) is 1. The Hall–Kier alpha value is -1.30. The van der Waals surface area contributed by atoms with Crippen molar-refractivity contribution in [1.29, 1.82) is 0 Å². The zero-order valence-electron chi connectivity index (χ0n) is 9.90. The van der Waals surface area contributed by atoms with E-state index in [1.807, 2.05) is 0 Å². The van der Waals surface area contributed by atoms with Crippen LogP contribution in [0.25, 0.3) is 6.08 Å². The zero-order chi connectivity index (χ0) is 13.1. The summed E-state index contributed by atoms with van der Waals surface area (Å²) < 4.78 is 37.5. The van der Waals surface area contributed by atoms with Crippen molar-refractivity contribution < 1.29 is 23.4 Å². The third-order valence-electron chi connectivity index (χ3n) is 2.67. The molecule has 1 aliphatic rings. The molecule has 0 aromatic heterocycles. The minimum absolute atomic E-state index is 0.0574. The van der Waals surface area contributed by atoms with Crippen LogP contribution in [-0.2, 0) is 9.47 Å². The summed E-state index contributed by atoms with van der Waals surface area (Å²) in [6, 6.07) is 2.77. The molecule has 2 rings (SSSR count). The summed E-state index contributed by atoms with van der Waals surface area (Å²) in [5, 5.41) is 9.26. The average molecular weight is 256 g/mol. The lowest BCUT2D eigenvalue weighted by molar-refractivity contribution is -0.000916. The van der Waals surface area contributed by atoms with Crippen LogP contribution in [0.15, 0.2) is 18.2 Å². The molecule has 1 unspecified atom stereocenters. The van der Waals surface area contributed by atoms with Crippen molar-refractivity contribution in [3.05, 3.63) is 41.0 Å². The summed E-state index contributed by atoms with van der Waals surface area (Å²) in [5.41, 5.74) is 0.0361. The van der Waals surface area contributed by atoms with Crippen LogP contribution in [0.3, 0.4) is 0 Å². The van der Waals surface area contributed by atoms with E-state index in [9.17, 15) is 13.9 Å². The van der Waals surface area contributed by atoms with Crippen molar-refractivity contribution in [1.82, 2.24) is 0 Å². The van der Waals surface area contributed by atoms with E-state index in [1.54, 1.807) is 0 Å². The van der Waals surface area contributed by atoms with E-state index in [4.69, 9.17) is 9.47 Å². The molecule has 0 radical (unpaired) electrons. The topological polar surface area (TPSA) is 38.7 Å². The molecule has 0 aliphatic carbocycles. The molecular weight excluding hydrogens is 242 g/mol. The van der Waals surface area contributed by atoms with Gasteiger partial charge in [-0.25, -0.2) is 8.78 Å². The Balaban J connectivity index is 2.21. The van der Waals surface area contributed by atoms with E-state index in [1.165, 1.54) is 31.2 Å². The molecule has 1 heterocycles. The van der Waals surface area contributed by atoms with Crippen molar-refractivity contribution >= 4 is 6.08 Å². The van der Waals surface area contributed by atoms with Crippen molar-refractivity contribution in [2.24, 2.45) is 0 Å².